The highest BCUT2D eigenvalue weighted by Crippen LogP contribution is 2.16. The summed E-state index contributed by atoms with van der Waals surface area (Å²) in [7, 11) is 0. The molecule has 1 heterocycles. The Morgan fingerprint density at radius 2 is 2.15 bits per heavy atom. The highest BCUT2D eigenvalue weighted by molar-refractivity contribution is 5.86. The highest BCUT2D eigenvalue weighted by atomic mass is 16.8. The smallest absolute Gasteiger partial charge is 0.173 e. The number of nitrogens with one attached hydrogen (secondary N) is 1. The molecule has 1 aromatic carbocycles. The first-order chi connectivity index (χ1) is 6.29. The van der Waals surface area contributed by atoms with Crippen LogP contribution in [-0.4, -0.2) is 15.4 Å². The summed E-state index contributed by atoms with van der Waals surface area (Å²) < 4.78 is 0. The second-order valence-electron chi connectivity index (χ2n) is 2.57. The Morgan fingerprint density at radius 3 is 2.92 bits per heavy atom. The van der Waals surface area contributed by atoms with E-state index >= 15 is 0 Å². The predicted molar refractivity (Wildman–Crippen MR) is 45.3 cm³/mol. The van der Waals surface area contributed by atoms with Crippen LogP contribution in [0.2, 0.25) is 0 Å². The number of rotatable bonds is 1. The largest absolute Gasteiger partial charge is 0.595 e. The van der Waals surface area contributed by atoms with Crippen LogP contribution in [0.5, 0.6) is 0 Å². The normalized spacial score (nSPS) is 13.1. The monoisotopic (exact) mass is 177 g/mol. The van der Waals surface area contributed by atoms with Crippen LogP contribution in [-0.2, 0) is 0 Å². The van der Waals surface area contributed by atoms with E-state index in [0.29, 0.717) is 10.9 Å². The average molecular weight is 177 g/mol. The number of hydrogen-bond acceptors (Lipinski definition) is 4. The van der Waals surface area contributed by atoms with Crippen molar-refractivity contribution in [2.45, 2.75) is 0 Å². The molecule has 0 fully saturated rings. The van der Waals surface area contributed by atoms with Gasteiger partial charge in [-0.2, -0.15) is 15.4 Å². The molecular weight excluding hydrogens is 170 g/mol. The van der Waals surface area contributed by atoms with Gasteiger partial charge < -0.3 is 5.21 Å². The molecule has 0 amide bonds. The topological polar surface area (TPSA) is 73.5 Å². The van der Waals surface area contributed by atoms with Gasteiger partial charge in [0.1, 0.15) is 0 Å². The molecule has 0 saturated carbocycles. The lowest BCUT2D eigenvalue weighted by molar-refractivity contribution is -0.990. The summed E-state index contributed by atoms with van der Waals surface area (Å²) in [6, 6.07) is 6.58. The van der Waals surface area contributed by atoms with Crippen molar-refractivity contribution in [1.29, 1.82) is 0 Å². The summed E-state index contributed by atoms with van der Waals surface area (Å²) in [5, 5.41) is 26.8. The van der Waals surface area contributed by atoms with Crippen molar-refractivity contribution < 1.29 is 10.4 Å². The van der Waals surface area contributed by atoms with Crippen LogP contribution in [0.4, 0.5) is 5.69 Å². The van der Waals surface area contributed by atoms with Crippen LogP contribution in [0.15, 0.2) is 30.5 Å². The molecule has 0 aliphatic heterocycles. The quantitative estimate of drug-likeness (QED) is 0.603. The van der Waals surface area contributed by atoms with Gasteiger partial charge in [-0.25, -0.2) is 5.21 Å². The van der Waals surface area contributed by atoms with Gasteiger partial charge in [-0.3, -0.25) is 0 Å². The number of hydrogen-bond donors (Lipinski definition) is 2. The van der Waals surface area contributed by atoms with Gasteiger partial charge in [0.05, 0.1) is 17.1 Å². The molecule has 2 aromatic rings. The van der Waals surface area contributed by atoms with Gasteiger partial charge in [0, 0.05) is 6.07 Å². The second-order valence-corrected chi connectivity index (χ2v) is 2.57. The Labute approximate surface area is 73.8 Å². The van der Waals surface area contributed by atoms with E-state index in [2.05, 4.69) is 10.2 Å². The molecule has 2 rings (SSSR count). The number of aromatic nitrogens is 2. The summed E-state index contributed by atoms with van der Waals surface area (Å²) in [5.41, 5.74) is 0.856. The molecule has 0 bridgehead atoms. The van der Waals surface area contributed by atoms with Crippen molar-refractivity contribution in [2.24, 2.45) is 0 Å². The summed E-state index contributed by atoms with van der Waals surface area (Å²) in [6.45, 7) is 0. The Balaban J connectivity index is 2.76. The van der Waals surface area contributed by atoms with Gasteiger partial charge in [-0.15, -0.1) is 0 Å². The van der Waals surface area contributed by atoms with Crippen LogP contribution in [0, 0.1) is 5.21 Å². The lowest BCUT2D eigenvalue weighted by Crippen LogP contribution is -2.99. The first-order valence-corrected chi connectivity index (χ1v) is 3.73. The maximum Gasteiger partial charge on any atom is 0.173 e. The SMILES string of the molecule is [O-][NH+](O)c1cccc2nnccc12. The van der Waals surface area contributed by atoms with Crippen molar-refractivity contribution in [3.8, 4) is 0 Å². The maximum absolute atomic E-state index is 10.8. The number of quaternary nitrogens is 1. The molecule has 0 spiro atoms. The van der Waals surface area contributed by atoms with Crippen molar-refractivity contribution in [3.05, 3.63) is 35.7 Å². The third-order valence-electron chi connectivity index (χ3n) is 1.79. The van der Waals surface area contributed by atoms with E-state index in [1.54, 1.807) is 24.3 Å². The number of benzene rings is 1. The van der Waals surface area contributed by atoms with Gasteiger partial charge >= 0.3 is 0 Å². The molecule has 1 aromatic heterocycles. The van der Waals surface area contributed by atoms with Crippen molar-refractivity contribution >= 4 is 16.6 Å². The molecular formula is C8H7N3O2. The summed E-state index contributed by atoms with van der Waals surface area (Å²) in [4.78, 5) is 0. The summed E-state index contributed by atoms with van der Waals surface area (Å²) in [5.74, 6) is 0. The van der Waals surface area contributed by atoms with E-state index in [1.807, 2.05) is 0 Å². The van der Waals surface area contributed by atoms with Crippen molar-refractivity contribution in [3.63, 3.8) is 0 Å². The molecule has 1 atom stereocenters. The molecule has 0 radical (unpaired) electrons. The molecule has 5 nitrogen and oxygen atoms in total. The fourth-order valence-electron chi connectivity index (χ4n) is 1.21. The van der Waals surface area contributed by atoms with E-state index in [9.17, 15) is 5.21 Å². The lowest BCUT2D eigenvalue weighted by Gasteiger charge is -2.12. The van der Waals surface area contributed by atoms with E-state index in [4.69, 9.17) is 5.21 Å². The standard InChI is InChI=1S/C8H7N3O2/c12-11(13)8-3-1-2-7-6(8)4-5-9-10-7/h1-5,11-12H. The van der Waals surface area contributed by atoms with Gasteiger partial charge in [0.15, 0.2) is 5.69 Å². The summed E-state index contributed by atoms with van der Waals surface area (Å²) in [6.07, 6.45) is 1.48. The van der Waals surface area contributed by atoms with Crippen LogP contribution in [0.1, 0.15) is 0 Å². The van der Waals surface area contributed by atoms with Crippen molar-refractivity contribution in [2.75, 3.05) is 0 Å². The molecule has 5 heteroatoms. The van der Waals surface area contributed by atoms with Crippen LogP contribution in [0.3, 0.4) is 0 Å². The van der Waals surface area contributed by atoms with E-state index in [-0.39, 0.29) is 5.69 Å². The highest BCUT2D eigenvalue weighted by Gasteiger charge is 2.06. The predicted octanol–water partition coefficient (Wildman–Crippen LogP) is 0.0332. The van der Waals surface area contributed by atoms with E-state index in [1.165, 1.54) is 6.20 Å². The molecule has 1 unspecified atom stereocenters. The van der Waals surface area contributed by atoms with E-state index < -0.39 is 5.23 Å². The third-order valence-corrected chi connectivity index (χ3v) is 1.79. The zero-order valence-corrected chi connectivity index (χ0v) is 6.64. The Hall–Kier alpha value is -1.56. The zero-order valence-electron chi connectivity index (χ0n) is 6.64. The van der Waals surface area contributed by atoms with Gasteiger partial charge in [0.2, 0.25) is 0 Å². The first kappa shape index (κ1) is 8.06. The Bertz CT molecular complexity index is 425. The Kier molecular flexibility index (Phi) is 1.90. The zero-order chi connectivity index (χ0) is 9.26. The van der Waals surface area contributed by atoms with Crippen LogP contribution < -0.4 is 5.23 Å². The molecule has 0 aliphatic carbocycles. The van der Waals surface area contributed by atoms with Crippen LogP contribution >= 0.6 is 0 Å². The van der Waals surface area contributed by atoms with Crippen molar-refractivity contribution in [1.82, 2.24) is 10.2 Å². The summed E-state index contributed by atoms with van der Waals surface area (Å²) >= 11 is 0. The van der Waals surface area contributed by atoms with Gasteiger partial charge in [0.25, 0.3) is 0 Å². The number of fused-ring (bicyclic) bond motifs is 1. The average Bonchev–Trinajstić information content (AvgIpc) is 2.17. The Morgan fingerprint density at radius 1 is 1.31 bits per heavy atom. The molecule has 66 valence electrons. The molecule has 2 N–H and O–H groups in total. The van der Waals surface area contributed by atoms with Gasteiger partial charge in [-0.1, -0.05) is 6.07 Å². The maximum atomic E-state index is 10.8. The van der Waals surface area contributed by atoms with Gasteiger partial charge in [-0.05, 0) is 12.1 Å². The molecule has 0 saturated heterocycles. The second kappa shape index (κ2) is 3.06. The minimum atomic E-state index is -0.946. The molecule has 13 heavy (non-hydrogen) atoms. The molecule has 0 aliphatic rings. The lowest BCUT2D eigenvalue weighted by atomic mass is 10.2. The minimum absolute atomic E-state index is 0.257. The minimum Gasteiger partial charge on any atom is -0.595 e. The van der Waals surface area contributed by atoms with E-state index in [0.717, 1.165) is 0 Å². The fraction of sp³-hybridized carbons (Fsp3) is 0. The number of nitrogens with zero attached hydrogens (tertiary/aromatic N) is 2. The van der Waals surface area contributed by atoms with Crippen LogP contribution in [0.25, 0.3) is 10.9 Å². The first-order valence-electron chi connectivity index (χ1n) is 3.73. The third kappa shape index (κ3) is 1.35. The fourth-order valence-corrected chi connectivity index (χ4v) is 1.21.